The average molecular weight is 715 g/mol. The fourth-order valence-electron chi connectivity index (χ4n) is 5.91. The molecule has 0 saturated heterocycles. The average Bonchev–Trinajstić information content (AvgIpc) is 3.63. The monoisotopic (exact) mass is 714 g/mol. The first-order valence-corrected chi connectivity index (χ1v) is 21.9. The quantitative estimate of drug-likeness (QED) is 0.181. The first-order valence-electron chi connectivity index (χ1n) is 16.1. The Labute approximate surface area is 296 Å². The Bertz CT molecular complexity index is 1940. The molecule has 13 heteroatoms. The zero-order valence-corrected chi connectivity index (χ0v) is 30.3. The number of nitrogens with zero attached hydrogens (tertiary/aromatic N) is 2. The Morgan fingerprint density at radius 2 is 0.765 bits per heavy atom. The number of carbonyl (C=O) groups excluding carboxylic acids is 6. The summed E-state index contributed by atoms with van der Waals surface area (Å²) in [6, 6.07) is 27.8. The second-order valence-corrected chi connectivity index (χ2v) is 21.0. The van der Waals surface area contributed by atoms with Gasteiger partial charge in [-0.3, -0.25) is 28.8 Å². The molecule has 256 valence electrons. The highest BCUT2D eigenvalue weighted by molar-refractivity contribution is 6.96. The van der Waals surface area contributed by atoms with Crippen LogP contribution in [0.4, 0.5) is 22.7 Å². The molecule has 0 bridgehead atoms. The van der Waals surface area contributed by atoms with Gasteiger partial charge in [0.05, 0.1) is 11.4 Å². The minimum atomic E-state index is -2.40. The third kappa shape index (κ3) is 7.45. The zero-order valence-electron chi connectivity index (χ0n) is 28.3. The second kappa shape index (κ2) is 13.7. The van der Waals surface area contributed by atoms with Crippen molar-refractivity contribution in [3.05, 3.63) is 132 Å². The van der Waals surface area contributed by atoms with E-state index in [9.17, 15) is 28.8 Å². The molecule has 0 spiro atoms. The molecule has 4 aromatic rings. The van der Waals surface area contributed by atoms with Gasteiger partial charge >= 0.3 is 0 Å². The molecule has 2 heterocycles. The number of hydrogen-bond donors (Lipinski definition) is 2. The Balaban J connectivity index is 1.04. The summed E-state index contributed by atoms with van der Waals surface area (Å²) in [4.78, 5) is 75.6. The van der Waals surface area contributed by atoms with Gasteiger partial charge in [0.25, 0.3) is 35.4 Å². The molecule has 11 nitrogen and oxygen atoms in total. The van der Waals surface area contributed by atoms with E-state index in [0.29, 0.717) is 33.9 Å². The van der Waals surface area contributed by atoms with Crippen molar-refractivity contribution in [2.75, 3.05) is 20.4 Å². The number of benzene rings is 4. The summed E-state index contributed by atoms with van der Waals surface area (Å²) in [7, 11) is -4.79. The lowest BCUT2D eigenvalue weighted by Gasteiger charge is -2.34. The van der Waals surface area contributed by atoms with Gasteiger partial charge in [-0.05, 0) is 109 Å². The van der Waals surface area contributed by atoms with Gasteiger partial charge in [-0.15, -0.1) is 0 Å². The molecule has 51 heavy (non-hydrogen) atoms. The first-order chi connectivity index (χ1) is 24.2. The van der Waals surface area contributed by atoms with E-state index in [1.54, 1.807) is 48.5 Å². The van der Waals surface area contributed by atoms with Gasteiger partial charge in [0.2, 0.25) is 16.6 Å². The molecule has 6 rings (SSSR count). The molecular weight excluding hydrogens is 681 g/mol. The van der Waals surface area contributed by atoms with Gasteiger partial charge in [-0.25, -0.2) is 9.80 Å². The van der Waals surface area contributed by atoms with Gasteiger partial charge in [0.15, 0.2) is 0 Å². The van der Waals surface area contributed by atoms with E-state index in [-0.39, 0.29) is 11.8 Å². The van der Waals surface area contributed by atoms with Crippen LogP contribution in [0.5, 0.6) is 0 Å². The standard InChI is InChI=1S/C38H34N4O7Si2/c1-50(2,31-17-9-27(10-18-31)39-37(47)25-5-13-29(14-6-25)41-33(43)21-22-34(41)44)49-51(3,4)32-19-11-28(12-20-32)40-38(48)26-7-15-30(16-8-26)42-35(45)23-24-36(42)46/h5-24H,1-4H3,(H,39,47)(H,40,48). The summed E-state index contributed by atoms with van der Waals surface area (Å²) in [5.74, 6) is -2.33. The SMILES string of the molecule is C[Si](C)(O[Si](C)(C)c1ccc(NC(=O)c2ccc(N3C(=O)C=CC3=O)cc2)cc1)c1ccc(NC(=O)c2ccc(N3C(=O)C=CC3=O)cc2)cc1. The van der Waals surface area contributed by atoms with Crippen molar-refractivity contribution in [3.8, 4) is 0 Å². The lowest BCUT2D eigenvalue weighted by atomic mass is 10.1. The van der Waals surface area contributed by atoms with Crippen LogP contribution in [0.15, 0.2) is 121 Å². The van der Waals surface area contributed by atoms with E-state index in [2.05, 4.69) is 36.8 Å². The van der Waals surface area contributed by atoms with Crippen molar-refractivity contribution in [3.63, 3.8) is 0 Å². The molecule has 6 amide bonds. The Kier molecular flexibility index (Phi) is 9.36. The molecule has 0 atom stereocenters. The molecule has 0 fully saturated rings. The van der Waals surface area contributed by atoms with Crippen LogP contribution in [0.1, 0.15) is 20.7 Å². The van der Waals surface area contributed by atoms with Crippen molar-refractivity contribution in [2.45, 2.75) is 26.2 Å². The lowest BCUT2D eigenvalue weighted by Crippen LogP contribution is -2.57. The van der Waals surface area contributed by atoms with E-state index in [1.165, 1.54) is 24.3 Å². The topological polar surface area (TPSA) is 142 Å². The number of imide groups is 2. The zero-order chi connectivity index (χ0) is 36.5. The van der Waals surface area contributed by atoms with Crippen molar-refractivity contribution in [2.24, 2.45) is 0 Å². The Morgan fingerprint density at radius 3 is 1.06 bits per heavy atom. The predicted octanol–water partition coefficient (Wildman–Crippen LogP) is 4.59. The minimum Gasteiger partial charge on any atom is -0.449 e. The predicted molar refractivity (Wildman–Crippen MR) is 200 cm³/mol. The van der Waals surface area contributed by atoms with E-state index < -0.39 is 40.3 Å². The number of hydrogen-bond acceptors (Lipinski definition) is 7. The maximum absolute atomic E-state index is 12.9. The third-order valence-corrected chi connectivity index (χ3v) is 16.1. The molecule has 0 saturated carbocycles. The largest absolute Gasteiger partial charge is 0.449 e. The van der Waals surface area contributed by atoms with Crippen LogP contribution in [0.3, 0.4) is 0 Å². The van der Waals surface area contributed by atoms with Crippen molar-refractivity contribution >= 4 is 85.2 Å². The Morgan fingerprint density at radius 1 is 0.471 bits per heavy atom. The molecule has 0 radical (unpaired) electrons. The van der Waals surface area contributed by atoms with Crippen molar-refractivity contribution in [1.29, 1.82) is 0 Å². The number of carbonyl (C=O) groups is 6. The van der Waals surface area contributed by atoms with E-state index in [1.807, 2.05) is 48.5 Å². The summed E-state index contributed by atoms with van der Waals surface area (Å²) < 4.78 is 6.91. The molecule has 4 aromatic carbocycles. The van der Waals surface area contributed by atoms with Gasteiger partial charge < -0.3 is 14.7 Å². The van der Waals surface area contributed by atoms with Gasteiger partial charge in [-0.2, -0.15) is 0 Å². The van der Waals surface area contributed by atoms with Crippen LogP contribution in [0, 0.1) is 0 Å². The van der Waals surface area contributed by atoms with Crippen LogP contribution < -0.4 is 30.8 Å². The van der Waals surface area contributed by atoms with Crippen LogP contribution in [0.25, 0.3) is 0 Å². The molecule has 2 N–H and O–H groups in total. The van der Waals surface area contributed by atoms with Crippen molar-refractivity contribution in [1.82, 2.24) is 0 Å². The summed E-state index contributed by atoms with van der Waals surface area (Å²) in [6.07, 6.45) is 4.84. The molecule has 0 unspecified atom stereocenters. The number of amides is 6. The lowest BCUT2D eigenvalue weighted by molar-refractivity contribution is -0.121. The maximum atomic E-state index is 12.9. The molecular formula is C38H34N4O7Si2. The highest BCUT2D eigenvalue weighted by atomic mass is 28.4. The molecule has 2 aliphatic rings. The summed E-state index contributed by atoms with van der Waals surface area (Å²) in [5.41, 5.74) is 2.79. The van der Waals surface area contributed by atoms with Gasteiger partial charge in [0.1, 0.15) is 0 Å². The second-order valence-electron chi connectivity index (χ2n) is 13.0. The number of anilines is 4. The summed E-state index contributed by atoms with van der Waals surface area (Å²) in [5, 5.41) is 7.90. The fraction of sp³-hybridized carbons (Fsp3) is 0.105. The number of rotatable bonds is 10. The van der Waals surface area contributed by atoms with Crippen LogP contribution >= 0.6 is 0 Å². The fourth-order valence-corrected chi connectivity index (χ4v) is 13.9. The maximum Gasteiger partial charge on any atom is 0.258 e. The van der Waals surface area contributed by atoms with Crippen LogP contribution in [0.2, 0.25) is 26.2 Å². The highest BCUT2D eigenvalue weighted by Gasteiger charge is 2.36. The highest BCUT2D eigenvalue weighted by Crippen LogP contribution is 2.23. The van der Waals surface area contributed by atoms with Crippen LogP contribution in [-0.4, -0.2) is 52.1 Å². The Hall–Kier alpha value is -6.03. The van der Waals surface area contributed by atoms with Gasteiger partial charge in [0, 0.05) is 46.8 Å². The summed E-state index contributed by atoms with van der Waals surface area (Å²) >= 11 is 0. The van der Waals surface area contributed by atoms with E-state index >= 15 is 0 Å². The summed E-state index contributed by atoms with van der Waals surface area (Å²) in [6.45, 7) is 8.53. The van der Waals surface area contributed by atoms with E-state index in [0.717, 1.165) is 20.2 Å². The van der Waals surface area contributed by atoms with Crippen molar-refractivity contribution < 1.29 is 32.9 Å². The molecule has 0 aromatic heterocycles. The minimum absolute atomic E-state index is 0.323. The first kappa shape index (κ1) is 34.8. The molecule has 0 aliphatic carbocycles. The molecule has 2 aliphatic heterocycles. The van der Waals surface area contributed by atoms with Crippen LogP contribution in [-0.2, 0) is 23.3 Å². The normalized spacial score (nSPS) is 14.4. The van der Waals surface area contributed by atoms with E-state index in [4.69, 9.17) is 4.12 Å². The smallest absolute Gasteiger partial charge is 0.258 e. The third-order valence-electron chi connectivity index (χ3n) is 8.58. The van der Waals surface area contributed by atoms with Gasteiger partial charge in [-0.1, -0.05) is 24.3 Å². The number of nitrogens with one attached hydrogen (secondary N) is 2.